The third-order valence-corrected chi connectivity index (χ3v) is 4.62. The summed E-state index contributed by atoms with van der Waals surface area (Å²) >= 11 is 0. The van der Waals surface area contributed by atoms with Gasteiger partial charge in [0.2, 0.25) is 0 Å². The summed E-state index contributed by atoms with van der Waals surface area (Å²) < 4.78 is 14.8. The van der Waals surface area contributed by atoms with Crippen LogP contribution in [0.3, 0.4) is 0 Å². The van der Waals surface area contributed by atoms with Gasteiger partial charge >= 0.3 is 0 Å². The van der Waals surface area contributed by atoms with Crippen LogP contribution in [0.2, 0.25) is 0 Å². The van der Waals surface area contributed by atoms with Gasteiger partial charge in [0.25, 0.3) is 0 Å². The minimum Gasteiger partial charge on any atom is -0.367 e. The van der Waals surface area contributed by atoms with E-state index in [2.05, 4.69) is 27.0 Å². The highest BCUT2D eigenvalue weighted by Crippen LogP contribution is 2.31. The number of nitrogens with zero attached hydrogens (tertiary/aromatic N) is 3. The Balaban J connectivity index is 1.78. The lowest BCUT2D eigenvalue weighted by molar-refractivity contribution is 0.566. The van der Waals surface area contributed by atoms with Gasteiger partial charge in [0.1, 0.15) is 5.82 Å². The van der Waals surface area contributed by atoms with Gasteiger partial charge in [-0.05, 0) is 35.4 Å². The largest absolute Gasteiger partial charge is 0.367 e. The van der Waals surface area contributed by atoms with Gasteiger partial charge in [-0.2, -0.15) is 10.2 Å². The minimum atomic E-state index is -0.204. The highest BCUT2D eigenvalue weighted by Gasteiger charge is 2.16. The second-order valence-electron chi connectivity index (χ2n) is 6.14. The molecule has 0 saturated carbocycles. The molecule has 2 heterocycles. The van der Waals surface area contributed by atoms with Crippen molar-refractivity contribution in [1.82, 2.24) is 15.5 Å². The second kappa shape index (κ2) is 6.61. The normalized spacial score (nSPS) is 14.7. The van der Waals surface area contributed by atoms with Crippen LogP contribution in [0.4, 0.5) is 10.1 Å². The van der Waals surface area contributed by atoms with Crippen molar-refractivity contribution < 1.29 is 4.39 Å². The number of rotatable bonds is 3. The Hall–Kier alpha value is -2.79. The van der Waals surface area contributed by atoms with Crippen molar-refractivity contribution in [2.45, 2.75) is 0 Å². The van der Waals surface area contributed by atoms with Crippen molar-refractivity contribution in [2.24, 2.45) is 0 Å². The zero-order chi connectivity index (χ0) is 17.2. The molecule has 5 heteroatoms. The molecule has 0 atom stereocenters. The summed E-state index contributed by atoms with van der Waals surface area (Å²) in [5.74, 6) is -0.204. The van der Waals surface area contributed by atoms with Crippen LogP contribution in [0.25, 0.3) is 28.1 Å². The van der Waals surface area contributed by atoms with Crippen LogP contribution in [0.15, 0.2) is 49.2 Å². The summed E-state index contributed by atoms with van der Waals surface area (Å²) in [6.07, 6.45) is 3.48. The summed E-state index contributed by atoms with van der Waals surface area (Å²) in [7, 11) is 0. The fraction of sp³-hybridized carbons (Fsp3) is 0.200. The number of benzene rings is 2. The van der Waals surface area contributed by atoms with E-state index < -0.39 is 0 Å². The molecule has 1 aromatic heterocycles. The van der Waals surface area contributed by atoms with Crippen LogP contribution in [0.1, 0.15) is 5.56 Å². The molecule has 1 fully saturated rings. The van der Waals surface area contributed by atoms with Crippen molar-refractivity contribution in [3.63, 3.8) is 0 Å². The molecular weight excluding hydrogens is 315 g/mol. The third kappa shape index (κ3) is 2.98. The Morgan fingerprint density at radius 1 is 1.12 bits per heavy atom. The standard InChI is InChI=1S/C20H19FN4/c1-2-14-3-5-19-16(11-14)17(13-23-24-19)15-4-6-20(18(21)12-15)25-9-7-22-8-10-25/h2-6,11-13,22H,1,7-10H2. The Morgan fingerprint density at radius 3 is 2.72 bits per heavy atom. The molecule has 2 aromatic carbocycles. The molecule has 1 saturated heterocycles. The second-order valence-corrected chi connectivity index (χ2v) is 6.14. The molecule has 0 amide bonds. The van der Waals surface area contributed by atoms with E-state index in [0.717, 1.165) is 53.8 Å². The van der Waals surface area contributed by atoms with E-state index in [1.807, 2.05) is 30.3 Å². The molecule has 4 nitrogen and oxygen atoms in total. The van der Waals surface area contributed by atoms with Gasteiger partial charge < -0.3 is 10.2 Å². The van der Waals surface area contributed by atoms with Gasteiger partial charge in [-0.15, -0.1) is 0 Å². The molecular formula is C20H19FN4. The maximum absolute atomic E-state index is 14.8. The lowest BCUT2D eigenvalue weighted by Gasteiger charge is -2.29. The number of aromatic nitrogens is 2. The molecule has 25 heavy (non-hydrogen) atoms. The molecule has 1 N–H and O–H groups in total. The zero-order valence-corrected chi connectivity index (χ0v) is 13.9. The van der Waals surface area contributed by atoms with Gasteiger partial charge in [0, 0.05) is 37.1 Å². The number of nitrogens with one attached hydrogen (secondary N) is 1. The van der Waals surface area contributed by atoms with Gasteiger partial charge in [0.05, 0.1) is 17.4 Å². The van der Waals surface area contributed by atoms with E-state index in [9.17, 15) is 4.39 Å². The van der Waals surface area contributed by atoms with Gasteiger partial charge in [-0.1, -0.05) is 24.8 Å². The van der Waals surface area contributed by atoms with Crippen molar-refractivity contribution in [3.8, 4) is 11.1 Å². The minimum absolute atomic E-state index is 0.204. The summed E-state index contributed by atoms with van der Waals surface area (Å²) in [6.45, 7) is 7.21. The van der Waals surface area contributed by atoms with Crippen LogP contribution >= 0.6 is 0 Å². The van der Waals surface area contributed by atoms with Crippen LogP contribution in [0, 0.1) is 5.82 Å². The van der Waals surface area contributed by atoms with Crippen molar-refractivity contribution in [1.29, 1.82) is 0 Å². The van der Waals surface area contributed by atoms with Crippen LogP contribution in [-0.2, 0) is 0 Å². The van der Waals surface area contributed by atoms with Gasteiger partial charge in [0.15, 0.2) is 0 Å². The van der Waals surface area contributed by atoms with Gasteiger partial charge in [-0.3, -0.25) is 0 Å². The van der Waals surface area contributed by atoms with Crippen LogP contribution < -0.4 is 10.2 Å². The number of halogens is 1. The third-order valence-electron chi connectivity index (χ3n) is 4.62. The first-order valence-corrected chi connectivity index (χ1v) is 8.40. The summed E-state index contributed by atoms with van der Waals surface area (Å²) in [5.41, 5.74) is 4.12. The summed E-state index contributed by atoms with van der Waals surface area (Å²) in [4.78, 5) is 2.08. The summed E-state index contributed by atoms with van der Waals surface area (Å²) in [5, 5.41) is 12.5. The highest BCUT2D eigenvalue weighted by atomic mass is 19.1. The first kappa shape index (κ1) is 15.7. The monoisotopic (exact) mass is 334 g/mol. The van der Waals surface area contributed by atoms with Crippen molar-refractivity contribution in [2.75, 3.05) is 31.1 Å². The molecule has 1 aliphatic heterocycles. The molecule has 0 spiro atoms. The zero-order valence-electron chi connectivity index (χ0n) is 13.9. The van der Waals surface area contributed by atoms with Crippen molar-refractivity contribution in [3.05, 3.63) is 60.6 Å². The van der Waals surface area contributed by atoms with Crippen molar-refractivity contribution >= 4 is 22.7 Å². The fourth-order valence-corrected chi connectivity index (χ4v) is 3.27. The average molecular weight is 334 g/mol. The number of piperazine rings is 1. The Morgan fingerprint density at radius 2 is 1.96 bits per heavy atom. The molecule has 0 aliphatic carbocycles. The maximum Gasteiger partial charge on any atom is 0.147 e. The van der Waals surface area contributed by atoms with E-state index in [1.54, 1.807) is 18.3 Å². The van der Waals surface area contributed by atoms with Crippen LogP contribution in [-0.4, -0.2) is 36.4 Å². The van der Waals surface area contributed by atoms with Gasteiger partial charge in [-0.25, -0.2) is 4.39 Å². The topological polar surface area (TPSA) is 41.1 Å². The van der Waals surface area contributed by atoms with E-state index in [-0.39, 0.29) is 5.82 Å². The number of hydrogen-bond donors (Lipinski definition) is 1. The first-order valence-electron chi connectivity index (χ1n) is 8.40. The quantitative estimate of drug-likeness (QED) is 0.796. The Labute approximate surface area is 146 Å². The Bertz CT molecular complexity index is 932. The number of hydrogen-bond acceptors (Lipinski definition) is 4. The van der Waals surface area contributed by atoms with E-state index in [4.69, 9.17) is 0 Å². The summed E-state index contributed by atoms with van der Waals surface area (Å²) in [6, 6.07) is 11.3. The van der Waals surface area contributed by atoms with E-state index in [1.165, 1.54) is 0 Å². The molecule has 3 aromatic rings. The molecule has 126 valence electrons. The number of fused-ring (bicyclic) bond motifs is 1. The average Bonchev–Trinajstić information content (AvgIpc) is 2.67. The molecule has 1 aliphatic rings. The smallest absolute Gasteiger partial charge is 0.147 e. The lowest BCUT2D eigenvalue weighted by Crippen LogP contribution is -2.43. The van der Waals surface area contributed by atoms with E-state index in [0.29, 0.717) is 5.69 Å². The Kier molecular flexibility index (Phi) is 4.15. The molecule has 0 radical (unpaired) electrons. The SMILES string of the molecule is C=Cc1ccc2nncc(-c3ccc(N4CCNCC4)c(F)c3)c2c1. The van der Waals surface area contributed by atoms with Crippen LogP contribution in [0.5, 0.6) is 0 Å². The molecule has 4 rings (SSSR count). The predicted molar refractivity (Wildman–Crippen MR) is 100 cm³/mol. The van der Waals surface area contributed by atoms with E-state index >= 15 is 0 Å². The fourth-order valence-electron chi connectivity index (χ4n) is 3.27. The molecule has 0 bridgehead atoms. The predicted octanol–water partition coefficient (Wildman–Crippen LogP) is 3.49. The lowest BCUT2D eigenvalue weighted by atomic mass is 10.0. The highest BCUT2D eigenvalue weighted by molar-refractivity contribution is 5.95. The first-order chi connectivity index (χ1) is 12.3. The maximum atomic E-state index is 14.8. The number of anilines is 1. The molecule has 0 unspecified atom stereocenters.